The largest absolute Gasteiger partial charge is 0.347 e. The summed E-state index contributed by atoms with van der Waals surface area (Å²) in [7, 11) is 0. The van der Waals surface area contributed by atoms with Gasteiger partial charge in [-0.3, -0.25) is 0 Å². The predicted molar refractivity (Wildman–Crippen MR) is 94.9 cm³/mol. The van der Waals surface area contributed by atoms with E-state index in [-0.39, 0.29) is 5.82 Å². The van der Waals surface area contributed by atoms with Crippen LogP contribution in [0, 0.1) is 11.7 Å². The van der Waals surface area contributed by atoms with Gasteiger partial charge in [0.1, 0.15) is 5.82 Å². The molecule has 0 unspecified atom stereocenters. The van der Waals surface area contributed by atoms with E-state index in [9.17, 15) is 4.39 Å². The Hall–Kier alpha value is -2.13. The van der Waals surface area contributed by atoms with Gasteiger partial charge in [-0.2, -0.15) is 0 Å². The van der Waals surface area contributed by atoms with E-state index in [1.807, 2.05) is 6.07 Å². The number of halogens is 1. The van der Waals surface area contributed by atoms with E-state index in [4.69, 9.17) is 5.73 Å². The van der Waals surface area contributed by atoms with Crippen LogP contribution >= 0.6 is 0 Å². The van der Waals surface area contributed by atoms with Crippen molar-refractivity contribution in [3.8, 4) is 11.1 Å². The third-order valence-corrected chi connectivity index (χ3v) is 4.10. The van der Waals surface area contributed by atoms with Crippen LogP contribution < -0.4 is 5.73 Å². The lowest BCUT2D eigenvalue weighted by Crippen LogP contribution is -2.04. The molecule has 0 amide bonds. The van der Waals surface area contributed by atoms with Crippen molar-refractivity contribution < 1.29 is 4.39 Å². The summed E-state index contributed by atoms with van der Waals surface area (Å²) in [6.45, 7) is 6.04. The van der Waals surface area contributed by atoms with Gasteiger partial charge in [0.15, 0.2) is 0 Å². The number of hydrogen-bond acceptors (Lipinski definition) is 1. The van der Waals surface area contributed by atoms with Gasteiger partial charge in [0.2, 0.25) is 0 Å². The highest BCUT2D eigenvalue weighted by atomic mass is 19.1. The number of hydrogen-bond donors (Lipinski definition) is 1. The van der Waals surface area contributed by atoms with E-state index in [0.29, 0.717) is 12.5 Å². The Morgan fingerprint density at radius 3 is 2.57 bits per heavy atom. The Kier molecular flexibility index (Phi) is 4.49. The lowest BCUT2D eigenvalue weighted by molar-refractivity contribution is 0.534. The van der Waals surface area contributed by atoms with E-state index in [2.05, 4.69) is 42.8 Å². The van der Waals surface area contributed by atoms with Crippen LogP contribution in [0.1, 0.15) is 19.4 Å². The Balaban J connectivity index is 2.13. The molecule has 0 aliphatic heterocycles. The maximum Gasteiger partial charge on any atom is 0.123 e. The van der Waals surface area contributed by atoms with Gasteiger partial charge in [-0.25, -0.2) is 4.39 Å². The van der Waals surface area contributed by atoms with Crippen molar-refractivity contribution in [2.24, 2.45) is 11.7 Å². The van der Waals surface area contributed by atoms with Gasteiger partial charge in [0, 0.05) is 23.6 Å². The Bertz CT molecular complexity index is 818. The molecule has 0 atom stereocenters. The number of nitrogens with zero attached hydrogens (tertiary/aromatic N) is 1. The highest BCUT2D eigenvalue weighted by Crippen LogP contribution is 2.29. The minimum absolute atomic E-state index is 0.205. The fraction of sp³-hybridized carbons (Fsp3) is 0.300. The Labute approximate surface area is 136 Å². The first-order valence-corrected chi connectivity index (χ1v) is 8.16. The van der Waals surface area contributed by atoms with E-state index >= 15 is 0 Å². The first-order valence-electron chi connectivity index (χ1n) is 8.16. The summed E-state index contributed by atoms with van der Waals surface area (Å²) in [5.41, 5.74) is 10.2. The van der Waals surface area contributed by atoms with Crippen LogP contribution in [-0.4, -0.2) is 11.1 Å². The van der Waals surface area contributed by atoms with Crippen LogP contribution in [0.15, 0.2) is 48.7 Å². The average molecular weight is 310 g/mol. The third kappa shape index (κ3) is 3.30. The van der Waals surface area contributed by atoms with Gasteiger partial charge in [-0.1, -0.05) is 38.1 Å². The number of rotatable bonds is 5. The fourth-order valence-electron chi connectivity index (χ4n) is 3.11. The minimum atomic E-state index is -0.205. The van der Waals surface area contributed by atoms with Crippen LogP contribution in [0.25, 0.3) is 22.0 Å². The molecule has 0 aliphatic carbocycles. The van der Waals surface area contributed by atoms with Gasteiger partial charge >= 0.3 is 0 Å². The zero-order valence-corrected chi connectivity index (χ0v) is 13.7. The molecule has 23 heavy (non-hydrogen) atoms. The van der Waals surface area contributed by atoms with Crippen LogP contribution in [0.5, 0.6) is 0 Å². The molecule has 3 rings (SSSR count). The molecule has 2 nitrogen and oxygen atoms in total. The number of fused-ring (bicyclic) bond motifs is 1. The zero-order valence-electron chi connectivity index (χ0n) is 13.7. The molecule has 2 aromatic carbocycles. The molecular formula is C20H23FN2. The maximum atomic E-state index is 13.5. The molecule has 0 spiro atoms. The molecule has 120 valence electrons. The van der Waals surface area contributed by atoms with E-state index < -0.39 is 0 Å². The van der Waals surface area contributed by atoms with Gasteiger partial charge in [0.05, 0.1) is 0 Å². The Morgan fingerprint density at radius 2 is 1.87 bits per heavy atom. The minimum Gasteiger partial charge on any atom is -0.347 e. The molecular weight excluding hydrogens is 287 g/mol. The molecule has 0 aliphatic rings. The normalized spacial score (nSPS) is 11.5. The highest BCUT2D eigenvalue weighted by Gasteiger charge is 2.11. The quantitative estimate of drug-likeness (QED) is 0.733. The molecule has 2 N–H and O–H groups in total. The van der Waals surface area contributed by atoms with Gasteiger partial charge in [-0.15, -0.1) is 0 Å². The standard InChI is InChI=1S/C20H23FN2/c1-14(2)12-23-13-17(8-9-22)19-7-6-16(11-20(19)23)15-4-3-5-18(21)10-15/h3-7,10-11,13-14H,8-9,12,22H2,1-2H3. The highest BCUT2D eigenvalue weighted by molar-refractivity contribution is 5.88. The lowest BCUT2D eigenvalue weighted by atomic mass is 10.0. The van der Waals surface area contributed by atoms with Crippen molar-refractivity contribution in [1.29, 1.82) is 0 Å². The molecule has 1 aromatic heterocycles. The van der Waals surface area contributed by atoms with E-state index in [1.54, 1.807) is 12.1 Å². The first-order chi connectivity index (χ1) is 11.1. The first kappa shape index (κ1) is 15.8. The summed E-state index contributed by atoms with van der Waals surface area (Å²) in [6, 6.07) is 13.1. The maximum absolute atomic E-state index is 13.5. The Morgan fingerprint density at radius 1 is 1.09 bits per heavy atom. The molecule has 0 radical (unpaired) electrons. The monoisotopic (exact) mass is 310 g/mol. The number of nitrogens with two attached hydrogens (primary N) is 1. The topological polar surface area (TPSA) is 30.9 Å². The molecule has 0 saturated carbocycles. The molecule has 3 aromatic rings. The van der Waals surface area contributed by atoms with Crippen molar-refractivity contribution in [1.82, 2.24) is 4.57 Å². The van der Waals surface area contributed by atoms with Gasteiger partial charge in [0.25, 0.3) is 0 Å². The molecule has 0 saturated heterocycles. The van der Waals surface area contributed by atoms with Crippen LogP contribution in [0.4, 0.5) is 4.39 Å². The van der Waals surface area contributed by atoms with Crippen LogP contribution in [0.2, 0.25) is 0 Å². The summed E-state index contributed by atoms with van der Waals surface area (Å²) >= 11 is 0. The number of aromatic nitrogens is 1. The fourth-order valence-corrected chi connectivity index (χ4v) is 3.11. The van der Waals surface area contributed by atoms with Crippen molar-refractivity contribution in [2.45, 2.75) is 26.8 Å². The van der Waals surface area contributed by atoms with Crippen molar-refractivity contribution in [3.05, 3.63) is 60.0 Å². The third-order valence-electron chi connectivity index (χ3n) is 4.10. The van der Waals surface area contributed by atoms with Crippen molar-refractivity contribution >= 4 is 10.9 Å². The van der Waals surface area contributed by atoms with Gasteiger partial charge in [-0.05, 0) is 53.8 Å². The SMILES string of the molecule is CC(C)Cn1cc(CCN)c2ccc(-c3cccc(F)c3)cc21. The lowest BCUT2D eigenvalue weighted by Gasteiger charge is -2.09. The van der Waals surface area contributed by atoms with Crippen LogP contribution in [0.3, 0.4) is 0 Å². The molecule has 0 bridgehead atoms. The second-order valence-corrected chi connectivity index (χ2v) is 6.48. The average Bonchev–Trinajstić information content (AvgIpc) is 2.84. The number of benzene rings is 2. The summed E-state index contributed by atoms with van der Waals surface area (Å²) in [4.78, 5) is 0. The smallest absolute Gasteiger partial charge is 0.123 e. The van der Waals surface area contributed by atoms with E-state index in [0.717, 1.165) is 24.1 Å². The van der Waals surface area contributed by atoms with Crippen molar-refractivity contribution in [3.63, 3.8) is 0 Å². The zero-order chi connectivity index (χ0) is 16.4. The summed E-state index contributed by atoms with van der Waals surface area (Å²) in [5, 5.41) is 1.25. The molecule has 1 heterocycles. The summed E-state index contributed by atoms with van der Waals surface area (Å²) in [5.74, 6) is 0.359. The molecule has 0 fully saturated rings. The molecule has 3 heteroatoms. The van der Waals surface area contributed by atoms with Crippen molar-refractivity contribution in [2.75, 3.05) is 6.54 Å². The second kappa shape index (κ2) is 6.55. The van der Waals surface area contributed by atoms with E-state index in [1.165, 1.54) is 22.5 Å². The van der Waals surface area contributed by atoms with Gasteiger partial charge < -0.3 is 10.3 Å². The summed E-state index contributed by atoms with van der Waals surface area (Å²) in [6.07, 6.45) is 3.09. The second-order valence-electron chi connectivity index (χ2n) is 6.48. The van der Waals surface area contributed by atoms with Crippen LogP contribution in [-0.2, 0) is 13.0 Å². The summed E-state index contributed by atoms with van der Waals surface area (Å²) < 4.78 is 15.8. The predicted octanol–water partition coefficient (Wildman–Crippen LogP) is 4.60.